The average Bonchev–Trinajstić information content (AvgIpc) is 2.35. The Hall–Kier alpha value is -2.22. The van der Waals surface area contributed by atoms with E-state index in [-0.39, 0.29) is 17.9 Å². The molecule has 6 nitrogen and oxygen atoms in total. The predicted octanol–water partition coefficient (Wildman–Crippen LogP) is -0.136. The molecule has 0 saturated heterocycles. The van der Waals surface area contributed by atoms with E-state index in [1.807, 2.05) is 0 Å². The lowest BCUT2D eigenvalue weighted by Gasteiger charge is -2.09. The Morgan fingerprint density at radius 2 is 1.89 bits per heavy atom. The number of primary amides is 1. The van der Waals surface area contributed by atoms with E-state index in [0.717, 1.165) is 0 Å². The highest BCUT2D eigenvalue weighted by Crippen LogP contribution is 2.14. The second kappa shape index (κ2) is 6.64. The summed E-state index contributed by atoms with van der Waals surface area (Å²) >= 11 is 0. The van der Waals surface area contributed by atoms with Crippen molar-refractivity contribution in [3.05, 3.63) is 29.8 Å². The first-order chi connectivity index (χ1) is 8.90. The summed E-state index contributed by atoms with van der Waals surface area (Å²) < 4.78 is 27.9. The van der Waals surface area contributed by atoms with Gasteiger partial charge in [-0.15, -0.1) is 0 Å². The van der Waals surface area contributed by atoms with Gasteiger partial charge in [-0.3, -0.25) is 9.59 Å². The van der Waals surface area contributed by atoms with Crippen molar-refractivity contribution in [2.75, 3.05) is 6.54 Å². The normalized spacial score (nSPS) is 12.0. The van der Waals surface area contributed by atoms with Crippen LogP contribution in [0.3, 0.4) is 0 Å². The van der Waals surface area contributed by atoms with E-state index >= 15 is 0 Å². The minimum absolute atomic E-state index is 0.0799. The maximum atomic E-state index is 11.9. The molecule has 0 spiro atoms. The van der Waals surface area contributed by atoms with Gasteiger partial charge >= 0.3 is 6.61 Å². The molecule has 1 unspecified atom stereocenters. The molecule has 19 heavy (non-hydrogen) atoms. The Morgan fingerprint density at radius 1 is 1.32 bits per heavy atom. The Labute approximate surface area is 107 Å². The molecule has 0 aliphatic rings. The number of halogens is 2. The van der Waals surface area contributed by atoms with Crippen molar-refractivity contribution in [2.24, 2.45) is 5.73 Å². The number of nitrogens with one attached hydrogen (secondary N) is 1. The number of hydrogen-bond acceptors (Lipinski definition) is 4. The molecular weight excluding hydrogens is 262 g/mol. The average molecular weight is 274 g/mol. The van der Waals surface area contributed by atoms with Gasteiger partial charge in [0.15, 0.2) is 0 Å². The molecule has 4 N–H and O–H groups in total. The molecule has 1 aromatic rings. The quantitative estimate of drug-likeness (QED) is 0.672. The predicted molar refractivity (Wildman–Crippen MR) is 60.6 cm³/mol. The molecule has 0 aliphatic carbocycles. The van der Waals surface area contributed by atoms with Crippen molar-refractivity contribution in [3.63, 3.8) is 0 Å². The number of carbonyl (C=O) groups excluding carboxylic acids is 2. The Balaban J connectivity index is 2.55. The zero-order valence-electron chi connectivity index (χ0n) is 9.68. The number of ether oxygens (including phenoxy) is 1. The summed E-state index contributed by atoms with van der Waals surface area (Å²) in [6.45, 7) is -3.27. The molecule has 0 bridgehead atoms. The SMILES string of the molecule is NC(=O)C(O)CNC(=O)c1ccc(OC(F)F)cc1. The van der Waals surface area contributed by atoms with Gasteiger partial charge in [0.1, 0.15) is 11.9 Å². The summed E-state index contributed by atoms with van der Waals surface area (Å²) in [5.41, 5.74) is 4.96. The summed E-state index contributed by atoms with van der Waals surface area (Å²) in [6.07, 6.45) is -1.48. The van der Waals surface area contributed by atoms with Crippen LogP contribution in [0.4, 0.5) is 8.78 Å². The maximum Gasteiger partial charge on any atom is 0.387 e. The first kappa shape index (κ1) is 14.8. The molecule has 0 aliphatic heterocycles. The zero-order chi connectivity index (χ0) is 14.4. The molecule has 0 saturated carbocycles. The molecule has 0 radical (unpaired) electrons. The fourth-order valence-electron chi connectivity index (χ4n) is 1.18. The van der Waals surface area contributed by atoms with Gasteiger partial charge in [-0.05, 0) is 24.3 Å². The largest absolute Gasteiger partial charge is 0.435 e. The number of benzene rings is 1. The van der Waals surface area contributed by atoms with Gasteiger partial charge in [-0.1, -0.05) is 0 Å². The first-order valence-electron chi connectivity index (χ1n) is 5.20. The number of amides is 2. The van der Waals surface area contributed by atoms with Gasteiger partial charge in [0.05, 0.1) is 6.54 Å². The Morgan fingerprint density at radius 3 is 2.37 bits per heavy atom. The molecule has 0 aromatic heterocycles. The lowest BCUT2D eigenvalue weighted by atomic mass is 10.2. The fraction of sp³-hybridized carbons (Fsp3) is 0.273. The molecular formula is C11H12F2N2O4. The molecule has 1 rings (SSSR count). The number of aliphatic hydroxyl groups is 1. The van der Waals surface area contributed by atoms with Crippen molar-refractivity contribution >= 4 is 11.8 Å². The van der Waals surface area contributed by atoms with Crippen molar-refractivity contribution in [1.82, 2.24) is 5.32 Å². The number of nitrogens with two attached hydrogens (primary N) is 1. The second-order valence-corrected chi connectivity index (χ2v) is 3.53. The lowest BCUT2D eigenvalue weighted by molar-refractivity contribution is -0.125. The van der Waals surface area contributed by atoms with Crippen molar-refractivity contribution in [3.8, 4) is 5.75 Å². The summed E-state index contributed by atoms with van der Waals surface area (Å²) in [4.78, 5) is 22.1. The van der Waals surface area contributed by atoms with Crippen LogP contribution in [0.5, 0.6) is 5.75 Å². The van der Waals surface area contributed by atoms with Crippen LogP contribution >= 0.6 is 0 Å². The topological polar surface area (TPSA) is 102 Å². The highest BCUT2D eigenvalue weighted by Gasteiger charge is 2.13. The third kappa shape index (κ3) is 4.88. The van der Waals surface area contributed by atoms with E-state index < -0.39 is 24.5 Å². The summed E-state index contributed by atoms with van der Waals surface area (Å²) in [5.74, 6) is -1.62. The van der Waals surface area contributed by atoms with E-state index in [1.54, 1.807) is 0 Å². The Bertz CT molecular complexity index is 451. The summed E-state index contributed by atoms with van der Waals surface area (Å²) in [6, 6.07) is 4.94. The highest BCUT2D eigenvalue weighted by molar-refractivity contribution is 5.94. The third-order valence-corrected chi connectivity index (χ3v) is 2.13. The summed E-state index contributed by atoms with van der Waals surface area (Å²) in [7, 11) is 0. The Kier molecular flexibility index (Phi) is 5.19. The van der Waals surface area contributed by atoms with E-state index in [0.29, 0.717) is 0 Å². The number of alkyl halides is 2. The van der Waals surface area contributed by atoms with Crippen LogP contribution in [0, 0.1) is 0 Å². The smallest absolute Gasteiger partial charge is 0.387 e. The second-order valence-electron chi connectivity index (χ2n) is 3.53. The monoisotopic (exact) mass is 274 g/mol. The van der Waals surface area contributed by atoms with Crippen LogP contribution < -0.4 is 15.8 Å². The molecule has 0 heterocycles. The maximum absolute atomic E-state index is 11.9. The van der Waals surface area contributed by atoms with Gasteiger partial charge in [0, 0.05) is 5.56 Å². The van der Waals surface area contributed by atoms with Crippen LogP contribution in [0.1, 0.15) is 10.4 Å². The van der Waals surface area contributed by atoms with Crippen LogP contribution in [-0.2, 0) is 4.79 Å². The third-order valence-electron chi connectivity index (χ3n) is 2.13. The first-order valence-corrected chi connectivity index (χ1v) is 5.20. The number of rotatable bonds is 6. The van der Waals surface area contributed by atoms with Gasteiger partial charge in [-0.25, -0.2) is 0 Å². The van der Waals surface area contributed by atoms with Crippen molar-refractivity contribution in [2.45, 2.75) is 12.7 Å². The molecule has 104 valence electrons. The lowest BCUT2D eigenvalue weighted by Crippen LogP contribution is -2.39. The van der Waals surface area contributed by atoms with Crippen LogP contribution in [-0.4, -0.2) is 36.2 Å². The molecule has 1 atom stereocenters. The van der Waals surface area contributed by atoms with Gasteiger partial charge in [0.25, 0.3) is 5.91 Å². The van der Waals surface area contributed by atoms with Gasteiger partial charge in [0.2, 0.25) is 5.91 Å². The summed E-state index contributed by atoms with van der Waals surface area (Å²) in [5, 5.41) is 11.3. The minimum atomic E-state index is -2.94. The van der Waals surface area contributed by atoms with E-state index in [9.17, 15) is 18.4 Å². The standard InChI is InChI=1S/C11H12F2N2O4/c12-11(13)19-7-3-1-6(2-4-7)10(18)15-5-8(16)9(14)17/h1-4,8,11,16H,5H2,(H2,14,17)(H,15,18). The van der Waals surface area contributed by atoms with Gasteiger partial charge in [-0.2, -0.15) is 8.78 Å². The number of hydrogen-bond donors (Lipinski definition) is 3. The molecule has 1 aromatic carbocycles. The minimum Gasteiger partial charge on any atom is -0.435 e. The van der Waals surface area contributed by atoms with Crippen molar-refractivity contribution < 1.29 is 28.2 Å². The van der Waals surface area contributed by atoms with Crippen LogP contribution in [0.25, 0.3) is 0 Å². The van der Waals surface area contributed by atoms with E-state index in [4.69, 9.17) is 10.8 Å². The molecule has 8 heteroatoms. The fourth-order valence-corrected chi connectivity index (χ4v) is 1.18. The van der Waals surface area contributed by atoms with Crippen molar-refractivity contribution in [1.29, 1.82) is 0 Å². The van der Waals surface area contributed by atoms with Gasteiger partial charge < -0.3 is 20.9 Å². The van der Waals surface area contributed by atoms with E-state index in [1.165, 1.54) is 24.3 Å². The van der Waals surface area contributed by atoms with Crippen LogP contribution in [0.2, 0.25) is 0 Å². The molecule has 2 amide bonds. The zero-order valence-corrected chi connectivity index (χ0v) is 9.68. The highest BCUT2D eigenvalue weighted by atomic mass is 19.3. The molecule has 0 fully saturated rings. The number of carbonyl (C=O) groups is 2. The van der Waals surface area contributed by atoms with Crippen LogP contribution in [0.15, 0.2) is 24.3 Å². The van der Waals surface area contributed by atoms with E-state index in [2.05, 4.69) is 10.1 Å². The number of aliphatic hydroxyl groups excluding tert-OH is 1.